The van der Waals surface area contributed by atoms with Crippen LogP contribution in [0.5, 0.6) is 0 Å². The van der Waals surface area contributed by atoms with E-state index in [9.17, 15) is 0 Å². The molecule has 19 heavy (non-hydrogen) atoms. The van der Waals surface area contributed by atoms with Crippen molar-refractivity contribution in [1.82, 2.24) is 0 Å². The molecule has 0 heterocycles. The summed E-state index contributed by atoms with van der Waals surface area (Å²) in [6.45, 7) is 8.81. The van der Waals surface area contributed by atoms with Gasteiger partial charge in [0.05, 0.1) is 0 Å². The van der Waals surface area contributed by atoms with Gasteiger partial charge in [-0.25, -0.2) is 22.3 Å². The number of rotatable bonds is 4. The van der Waals surface area contributed by atoms with E-state index in [0.29, 0.717) is 0 Å². The van der Waals surface area contributed by atoms with Gasteiger partial charge in [-0.05, 0) is 0 Å². The topological polar surface area (TPSA) is 0 Å². The Balaban J connectivity index is 0.000000324. The molecule has 0 amide bonds. The van der Waals surface area contributed by atoms with Gasteiger partial charge in [-0.1, -0.05) is 53.4 Å². The van der Waals surface area contributed by atoms with Crippen LogP contribution < -0.4 is 0 Å². The van der Waals surface area contributed by atoms with Gasteiger partial charge in [0.1, 0.15) is 0 Å². The van der Waals surface area contributed by atoms with E-state index in [1.54, 1.807) is 11.1 Å². The third-order valence-corrected chi connectivity index (χ3v) is 3.66. The second kappa shape index (κ2) is 10.6. The van der Waals surface area contributed by atoms with E-state index >= 15 is 0 Å². The molecule has 0 aromatic carbocycles. The fourth-order valence-corrected chi connectivity index (χ4v) is 2.46. The predicted molar refractivity (Wildman–Crippen MR) is 80.1 cm³/mol. The van der Waals surface area contributed by atoms with Crippen molar-refractivity contribution in [2.45, 2.75) is 66.2 Å². The third-order valence-electron chi connectivity index (χ3n) is 3.66. The summed E-state index contributed by atoms with van der Waals surface area (Å²) < 4.78 is 0. The number of allylic oxidation sites excluding steroid dienone is 8. The molecule has 0 nitrogen and oxygen atoms in total. The summed E-state index contributed by atoms with van der Waals surface area (Å²) in [7, 11) is 0. The molecule has 0 saturated heterocycles. The van der Waals surface area contributed by atoms with Crippen LogP contribution >= 0.6 is 0 Å². The maximum atomic E-state index is 3.26. The van der Waals surface area contributed by atoms with Gasteiger partial charge in [0, 0.05) is 0 Å². The Hall–Kier alpha value is -0.157. The smallest absolute Gasteiger partial charge is 0.253 e. The molecule has 0 aromatic rings. The van der Waals surface area contributed by atoms with Crippen molar-refractivity contribution < 1.29 is 26.2 Å². The monoisotopic (exact) mass is 332 g/mol. The van der Waals surface area contributed by atoms with Crippen molar-refractivity contribution in [3.8, 4) is 0 Å². The van der Waals surface area contributed by atoms with Crippen molar-refractivity contribution in [3.63, 3.8) is 0 Å². The molecule has 0 spiro atoms. The Bertz CT molecular complexity index is 342. The van der Waals surface area contributed by atoms with Crippen LogP contribution in [0.4, 0.5) is 0 Å². The zero-order valence-electron chi connectivity index (χ0n) is 12.9. The normalized spacial score (nSPS) is 16.6. The van der Waals surface area contributed by atoms with Gasteiger partial charge in [-0.15, -0.1) is 12.8 Å². The first-order valence-electron chi connectivity index (χ1n) is 7.34. The van der Waals surface area contributed by atoms with Crippen LogP contribution in [0.25, 0.3) is 0 Å². The molecule has 0 N–H and O–H groups in total. The van der Waals surface area contributed by atoms with Gasteiger partial charge in [0.25, 0.3) is 0 Å². The average Bonchev–Trinajstić information content (AvgIpc) is 3.06. The first-order valence-corrected chi connectivity index (χ1v) is 7.34. The van der Waals surface area contributed by atoms with Crippen LogP contribution in [-0.4, -0.2) is 0 Å². The fourth-order valence-electron chi connectivity index (χ4n) is 2.46. The molecular weight excluding hydrogens is 307 g/mol. The Morgan fingerprint density at radius 1 is 0.737 bits per heavy atom. The van der Waals surface area contributed by atoms with Crippen molar-refractivity contribution in [2.24, 2.45) is 0 Å². The second-order valence-corrected chi connectivity index (χ2v) is 4.68. The zero-order chi connectivity index (χ0) is 13.4. The minimum atomic E-state index is 0. The van der Waals surface area contributed by atoms with Crippen LogP contribution in [0, 0.1) is 12.2 Å². The van der Waals surface area contributed by atoms with Crippen LogP contribution in [0.3, 0.4) is 0 Å². The molecule has 0 unspecified atom stereocenters. The van der Waals surface area contributed by atoms with Gasteiger partial charge in [0.2, 0.25) is 0 Å². The van der Waals surface area contributed by atoms with E-state index in [4.69, 9.17) is 0 Å². The Morgan fingerprint density at radius 3 is 1.32 bits per heavy atom. The molecule has 0 aliphatic heterocycles. The zero-order valence-corrected chi connectivity index (χ0v) is 15.4. The molecule has 2 rings (SSSR count). The standard InChI is InChI=1S/2C9H13.Zr/c2*1-3-8-6-5-7-9(8)4-2;/h2*5H,3-4,6H2,1-2H3;/q2*-1;+2. The van der Waals surface area contributed by atoms with Gasteiger partial charge in [-0.2, -0.15) is 12.2 Å². The SMILES string of the molecule is CCC1=C(CC)CC=[C-]1.CCC1=C(CC)CC=[C-]1.[Zr+2]. The molecule has 0 atom stereocenters. The average molecular weight is 334 g/mol. The molecule has 0 aromatic heterocycles. The molecule has 0 fully saturated rings. The summed E-state index contributed by atoms with van der Waals surface area (Å²) in [6.07, 6.45) is 17.8. The molecule has 2 aliphatic rings. The maximum absolute atomic E-state index is 3.26. The first kappa shape index (κ1) is 18.8. The molecule has 2 aliphatic carbocycles. The minimum absolute atomic E-state index is 0. The van der Waals surface area contributed by atoms with Crippen molar-refractivity contribution >= 4 is 0 Å². The summed E-state index contributed by atoms with van der Waals surface area (Å²) in [5.41, 5.74) is 6.05. The summed E-state index contributed by atoms with van der Waals surface area (Å²) in [5, 5.41) is 0. The largest absolute Gasteiger partial charge is 2.00 e. The Labute approximate surface area is 138 Å². The van der Waals surface area contributed by atoms with Gasteiger partial charge >= 0.3 is 26.2 Å². The van der Waals surface area contributed by atoms with E-state index < -0.39 is 0 Å². The predicted octanol–water partition coefficient (Wildman–Crippen LogP) is 5.73. The first-order chi connectivity index (χ1) is 8.76. The molecular formula is C18H26Zr. The van der Waals surface area contributed by atoms with Crippen molar-refractivity contribution in [2.75, 3.05) is 0 Å². The fraction of sp³-hybridized carbons (Fsp3) is 0.556. The van der Waals surface area contributed by atoms with Crippen LogP contribution in [0.1, 0.15) is 66.2 Å². The Morgan fingerprint density at radius 2 is 1.11 bits per heavy atom. The van der Waals surface area contributed by atoms with E-state index in [-0.39, 0.29) is 26.2 Å². The van der Waals surface area contributed by atoms with E-state index in [1.165, 1.54) is 24.0 Å². The summed E-state index contributed by atoms with van der Waals surface area (Å²) in [6, 6.07) is 0. The van der Waals surface area contributed by atoms with Crippen molar-refractivity contribution in [1.29, 1.82) is 0 Å². The summed E-state index contributed by atoms with van der Waals surface area (Å²) in [4.78, 5) is 0. The van der Waals surface area contributed by atoms with Crippen LogP contribution in [0.2, 0.25) is 0 Å². The molecule has 0 bridgehead atoms. The van der Waals surface area contributed by atoms with Gasteiger partial charge < -0.3 is 0 Å². The van der Waals surface area contributed by atoms with Crippen LogP contribution in [0.15, 0.2) is 34.4 Å². The number of hydrogen-bond acceptors (Lipinski definition) is 0. The molecule has 0 radical (unpaired) electrons. The van der Waals surface area contributed by atoms with E-state index in [0.717, 1.165) is 25.7 Å². The van der Waals surface area contributed by atoms with Gasteiger partial charge in [0.15, 0.2) is 0 Å². The summed E-state index contributed by atoms with van der Waals surface area (Å²) >= 11 is 0. The quantitative estimate of drug-likeness (QED) is 0.576. The number of hydrogen-bond donors (Lipinski definition) is 0. The molecule has 0 saturated carbocycles. The van der Waals surface area contributed by atoms with E-state index in [1.807, 2.05) is 0 Å². The molecule has 1 heteroatoms. The maximum Gasteiger partial charge on any atom is 2.00 e. The summed E-state index contributed by atoms with van der Waals surface area (Å²) in [5.74, 6) is 0. The van der Waals surface area contributed by atoms with E-state index in [2.05, 4.69) is 52.0 Å². The molecule has 102 valence electrons. The third kappa shape index (κ3) is 5.78. The van der Waals surface area contributed by atoms with Gasteiger partial charge in [-0.3, -0.25) is 12.2 Å². The Kier molecular flexibility index (Phi) is 10.5. The minimum Gasteiger partial charge on any atom is -0.253 e. The van der Waals surface area contributed by atoms with Crippen LogP contribution in [-0.2, 0) is 26.2 Å². The van der Waals surface area contributed by atoms with Crippen molar-refractivity contribution in [3.05, 3.63) is 46.6 Å². The second-order valence-electron chi connectivity index (χ2n) is 4.68.